The Kier molecular flexibility index (Phi) is 6.04. The van der Waals surface area contributed by atoms with Gasteiger partial charge in [0.1, 0.15) is 5.69 Å². The molecule has 1 saturated carbocycles. The molecule has 2 aromatic heterocycles. The van der Waals surface area contributed by atoms with E-state index in [2.05, 4.69) is 15.3 Å². The number of nitrogens with zero attached hydrogens (tertiary/aromatic N) is 3. The number of aryl methyl sites for hydroxylation is 1. The van der Waals surface area contributed by atoms with Gasteiger partial charge in [0.25, 0.3) is 5.91 Å². The van der Waals surface area contributed by atoms with Gasteiger partial charge in [-0.05, 0) is 56.9 Å². The van der Waals surface area contributed by atoms with Crippen LogP contribution in [0.25, 0.3) is 10.9 Å². The van der Waals surface area contributed by atoms with Crippen molar-refractivity contribution in [2.24, 2.45) is 0 Å². The molecule has 0 spiro atoms. The second-order valence-electron chi connectivity index (χ2n) is 8.32. The Morgan fingerprint density at radius 1 is 1.09 bits per heavy atom. The van der Waals surface area contributed by atoms with E-state index in [1.54, 1.807) is 36.5 Å². The number of nitrogens with one attached hydrogen (secondary N) is 1. The van der Waals surface area contributed by atoms with Gasteiger partial charge in [0.05, 0.1) is 5.52 Å². The van der Waals surface area contributed by atoms with E-state index in [-0.39, 0.29) is 18.0 Å². The van der Waals surface area contributed by atoms with Crippen molar-refractivity contribution in [3.8, 4) is 0 Å². The molecule has 1 aliphatic carbocycles. The Morgan fingerprint density at radius 2 is 1.81 bits per heavy atom. The van der Waals surface area contributed by atoms with Gasteiger partial charge >= 0.3 is 6.18 Å². The molecule has 1 fully saturated rings. The average Bonchev–Trinajstić information content (AvgIpc) is 2.77. The lowest BCUT2D eigenvalue weighted by atomic mass is 9.89. The van der Waals surface area contributed by atoms with Gasteiger partial charge in [-0.15, -0.1) is 0 Å². The highest BCUT2D eigenvalue weighted by molar-refractivity contribution is 5.94. The Hall–Kier alpha value is -3.16. The van der Waals surface area contributed by atoms with Crippen LogP contribution >= 0.6 is 0 Å². The van der Waals surface area contributed by atoms with E-state index < -0.39 is 11.9 Å². The smallest absolute Gasteiger partial charge is 0.371 e. The predicted octanol–water partition coefficient (Wildman–Crippen LogP) is 5.13. The van der Waals surface area contributed by atoms with Crippen molar-refractivity contribution in [2.75, 3.05) is 11.9 Å². The highest BCUT2D eigenvalue weighted by atomic mass is 19.4. The zero-order valence-electron chi connectivity index (χ0n) is 18.0. The van der Waals surface area contributed by atoms with E-state index in [4.69, 9.17) is 0 Å². The first-order valence-corrected chi connectivity index (χ1v) is 10.7. The second kappa shape index (κ2) is 8.76. The van der Waals surface area contributed by atoms with Gasteiger partial charge in [0, 0.05) is 47.7 Å². The Bertz CT molecular complexity index is 1120. The molecular formula is C24H25F3N4O. The first-order chi connectivity index (χ1) is 15.2. The Balaban J connectivity index is 1.47. The number of fused-ring (bicyclic) bond motifs is 1. The van der Waals surface area contributed by atoms with Crippen LogP contribution in [0.1, 0.15) is 47.4 Å². The third kappa shape index (κ3) is 4.69. The van der Waals surface area contributed by atoms with Crippen molar-refractivity contribution < 1.29 is 18.0 Å². The van der Waals surface area contributed by atoms with Crippen LogP contribution in [-0.2, 0) is 6.18 Å². The van der Waals surface area contributed by atoms with Crippen LogP contribution in [-0.4, -0.2) is 35.0 Å². The fourth-order valence-corrected chi connectivity index (χ4v) is 4.35. The number of hydrogen-bond donors (Lipinski definition) is 1. The summed E-state index contributed by atoms with van der Waals surface area (Å²) in [5.74, 6) is -0.123. The molecule has 1 aromatic carbocycles. The molecule has 0 aliphatic heterocycles. The fraction of sp³-hybridized carbons (Fsp3) is 0.375. The highest BCUT2D eigenvalue weighted by Gasteiger charge is 2.34. The maximum Gasteiger partial charge on any atom is 0.433 e. The number of carbonyl (C=O) groups excluding carboxylic acids is 1. The molecule has 168 valence electrons. The number of para-hydroxylation sites is 1. The molecule has 2 heterocycles. The molecule has 3 aromatic rings. The maximum absolute atomic E-state index is 13.4. The number of alkyl halides is 3. The standard InChI is InChI=1S/C24H25F3N4O/c1-15-13-16(11-12-28-15)23(32)29-17-7-9-18(10-8-17)31(2)21-14-22(24(25,26)27)30-20-6-4-3-5-19(20)21/h3-6,11-14,17-18H,7-10H2,1-2H3,(H,29,32). The van der Waals surface area contributed by atoms with E-state index in [1.165, 1.54) is 0 Å². The van der Waals surface area contributed by atoms with Crippen molar-refractivity contribution >= 4 is 22.5 Å². The minimum atomic E-state index is -4.51. The van der Waals surface area contributed by atoms with Crippen molar-refractivity contribution in [3.63, 3.8) is 0 Å². The molecule has 1 amide bonds. The topological polar surface area (TPSA) is 58.1 Å². The van der Waals surface area contributed by atoms with E-state index >= 15 is 0 Å². The summed E-state index contributed by atoms with van der Waals surface area (Å²) < 4.78 is 40.2. The number of anilines is 1. The van der Waals surface area contributed by atoms with Crippen LogP contribution in [0.15, 0.2) is 48.7 Å². The van der Waals surface area contributed by atoms with Crippen molar-refractivity contribution in [3.05, 3.63) is 65.6 Å². The van der Waals surface area contributed by atoms with Crippen LogP contribution in [0.4, 0.5) is 18.9 Å². The first kappa shape index (κ1) is 22.0. The van der Waals surface area contributed by atoms with Gasteiger partial charge in [-0.2, -0.15) is 13.2 Å². The highest BCUT2D eigenvalue weighted by Crippen LogP contribution is 2.36. The molecule has 8 heteroatoms. The summed E-state index contributed by atoms with van der Waals surface area (Å²) in [6.07, 6.45) is 0.181. The number of benzene rings is 1. The lowest BCUT2D eigenvalue weighted by molar-refractivity contribution is -0.140. The average molecular weight is 442 g/mol. The minimum Gasteiger partial charge on any atom is -0.371 e. The van der Waals surface area contributed by atoms with Crippen LogP contribution in [0.3, 0.4) is 0 Å². The molecule has 0 bridgehead atoms. The quantitative estimate of drug-likeness (QED) is 0.608. The molecule has 5 nitrogen and oxygen atoms in total. The van der Waals surface area contributed by atoms with Crippen LogP contribution in [0.2, 0.25) is 0 Å². The monoisotopic (exact) mass is 442 g/mol. The normalized spacial score (nSPS) is 19.0. The summed E-state index contributed by atoms with van der Waals surface area (Å²) >= 11 is 0. The number of aromatic nitrogens is 2. The third-order valence-corrected chi connectivity index (χ3v) is 6.10. The SMILES string of the molecule is Cc1cc(C(=O)NC2CCC(N(C)c3cc(C(F)(F)F)nc4ccccc34)CC2)ccn1. The summed E-state index contributed by atoms with van der Waals surface area (Å²) in [7, 11) is 1.84. The van der Waals surface area contributed by atoms with Gasteiger partial charge in [-0.3, -0.25) is 9.78 Å². The zero-order chi connectivity index (χ0) is 22.9. The van der Waals surface area contributed by atoms with Gasteiger partial charge in [-0.1, -0.05) is 18.2 Å². The molecule has 0 unspecified atom stereocenters. The summed E-state index contributed by atoms with van der Waals surface area (Å²) in [5.41, 5.74) is 1.34. The summed E-state index contributed by atoms with van der Waals surface area (Å²) in [4.78, 5) is 22.4. The number of rotatable bonds is 4. The van der Waals surface area contributed by atoms with E-state index in [0.717, 1.165) is 37.4 Å². The van der Waals surface area contributed by atoms with Crippen LogP contribution < -0.4 is 10.2 Å². The van der Waals surface area contributed by atoms with Gasteiger partial charge in [0.15, 0.2) is 0 Å². The second-order valence-corrected chi connectivity index (χ2v) is 8.32. The van der Waals surface area contributed by atoms with Crippen LogP contribution in [0, 0.1) is 6.92 Å². The number of carbonyl (C=O) groups is 1. The number of pyridine rings is 2. The Morgan fingerprint density at radius 3 is 2.50 bits per heavy atom. The molecule has 0 saturated heterocycles. The molecule has 32 heavy (non-hydrogen) atoms. The summed E-state index contributed by atoms with van der Waals surface area (Å²) in [5, 5.41) is 3.78. The number of hydrogen-bond acceptors (Lipinski definition) is 4. The number of amides is 1. The van der Waals surface area contributed by atoms with Crippen molar-refractivity contribution in [1.29, 1.82) is 0 Å². The molecule has 0 atom stereocenters. The largest absolute Gasteiger partial charge is 0.433 e. The van der Waals surface area contributed by atoms with E-state index in [1.807, 2.05) is 24.9 Å². The molecule has 0 radical (unpaired) electrons. The summed E-state index contributed by atoms with van der Waals surface area (Å²) in [6.45, 7) is 1.84. The van der Waals surface area contributed by atoms with Gasteiger partial charge < -0.3 is 10.2 Å². The Labute approximate surface area is 184 Å². The predicted molar refractivity (Wildman–Crippen MR) is 118 cm³/mol. The first-order valence-electron chi connectivity index (χ1n) is 10.7. The van der Waals surface area contributed by atoms with Gasteiger partial charge in [0.2, 0.25) is 0 Å². The maximum atomic E-state index is 13.4. The van der Waals surface area contributed by atoms with Crippen molar-refractivity contribution in [1.82, 2.24) is 15.3 Å². The third-order valence-electron chi connectivity index (χ3n) is 6.10. The molecule has 1 aliphatic rings. The number of halogens is 3. The molecular weight excluding hydrogens is 417 g/mol. The summed E-state index contributed by atoms with van der Waals surface area (Å²) in [6, 6.07) is 11.6. The molecule has 1 N–H and O–H groups in total. The zero-order valence-corrected chi connectivity index (χ0v) is 18.0. The van der Waals surface area contributed by atoms with Crippen molar-refractivity contribution in [2.45, 2.75) is 50.9 Å². The fourth-order valence-electron chi connectivity index (χ4n) is 4.35. The minimum absolute atomic E-state index is 0.0422. The van der Waals surface area contributed by atoms with E-state index in [0.29, 0.717) is 22.2 Å². The van der Waals surface area contributed by atoms with Crippen LogP contribution in [0.5, 0.6) is 0 Å². The lowest BCUT2D eigenvalue weighted by Crippen LogP contribution is -2.43. The van der Waals surface area contributed by atoms with Gasteiger partial charge in [-0.25, -0.2) is 4.98 Å². The lowest BCUT2D eigenvalue weighted by Gasteiger charge is -2.37. The molecule has 4 rings (SSSR count). The van der Waals surface area contributed by atoms with E-state index in [9.17, 15) is 18.0 Å².